The van der Waals surface area contributed by atoms with E-state index >= 15 is 0 Å². The zero-order valence-electron chi connectivity index (χ0n) is 8.48. The first kappa shape index (κ1) is 12.8. The zero-order valence-corrected chi connectivity index (χ0v) is 11.5. The Kier molecular flexibility index (Phi) is 3.74. The van der Waals surface area contributed by atoms with Crippen LogP contribution < -0.4 is 5.73 Å². The normalized spacial score (nSPS) is 10.6. The molecule has 0 bridgehead atoms. The van der Waals surface area contributed by atoms with Crippen LogP contribution in [-0.2, 0) is 0 Å². The van der Waals surface area contributed by atoms with Crippen molar-refractivity contribution in [2.45, 2.75) is 0 Å². The number of hydrogen-bond donors (Lipinski definition) is 1. The van der Waals surface area contributed by atoms with E-state index in [1.165, 1.54) is 0 Å². The van der Waals surface area contributed by atoms with Gasteiger partial charge in [0.25, 0.3) is 0 Å². The molecular formula is C12H7Cl4N. The molecule has 0 radical (unpaired) electrons. The summed E-state index contributed by atoms with van der Waals surface area (Å²) in [4.78, 5) is 0. The smallest absolute Gasteiger partial charge is 0.0672 e. The monoisotopic (exact) mass is 305 g/mol. The minimum atomic E-state index is 0.382. The third-order valence-corrected chi connectivity index (χ3v) is 3.62. The average Bonchev–Trinajstić information content (AvgIpc) is 2.27. The van der Waals surface area contributed by atoms with Gasteiger partial charge in [-0.1, -0.05) is 46.4 Å². The van der Waals surface area contributed by atoms with Gasteiger partial charge in [-0.3, -0.25) is 0 Å². The maximum Gasteiger partial charge on any atom is 0.0672 e. The van der Waals surface area contributed by atoms with Crippen LogP contribution in [0.5, 0.6) is 0 Å². The Balaban J connectivity index is 2.72. The van der Waals surface area contributed by atoms with E-state index in [1.807, 2.05) is 0 Å². The minimum Gasteiger partial charge on any atom is -0.399 e. The lowest BCUT2D eigenvalue weighted by molar-refractivity contribution is 1.61. The number of halogens is 4. The fraction of sp³-hybridized carbons (Fsp3) is 0. The zero-order chi connectivity index (χ0) is 12.6. The first-order valence-electron chi connectivity index (χ1n) is 4.69. The SMILES string of the molecule is Nc1ccc(Cl)c(-c2cc(Cl)cc(Cl)c2Cl)c1. The predicted molar refractivity (Wildman–Crippen MR) is 76.3 cm³/mol. The third kappa shape index (κ3) is 2.63. The molecule has 0 atom stereocenters. The molecule has 0 spiro atoms. The quantitative estimate of drug-likeness (QED) is 0.542. The molecular weight excluding hydrogens is 300 g/mol. The van der Waals surface area contributed by atoms with Crippen molar-refractivity contribution in [3.63, 3.8) is 0 Å². The van der Waals surface area contributed by atoms with Crippen molar-refractivity contribution in [2.75, 3.05) is 5.73 Å². The molecule has 0 fully saturated rings. The highest BCUT2D eigenvalue weighted by atomic mass is 35.5. The van der Waals surface area contributed by atoms with E-state index in [4.69, 9.17) is 52.1 Å². The number of anilines is 1. The van der Waals surface area contributed by atoms with Crippen molar-refractivity contribution in [1.82, 2.24) is 0 Å². The average molecular weight is 307 g/mol. The third-order valence-electron chi connectivity index (χ3n) is 2.27. The van der Waals surface area contributed by atoms with Crippen molar-refractivity contribution < 1.29 is 0 Å². The van der Waals surface area contributed by atoms with Crippen molar-refractivity contribution in [1.29, 1.82) is 0 Å². The highest BCUT2D eigenvalue weighted by molar-refractivity contribution is 6.45. The Labute approximate surface area is 119 Å². The summed E-state index contributed by atoms with van der Waals surface area (Å²) in [5.41, 5.74) is 7.69. The van der Waals surface area contributed by atoms with Crippen LogP contribution in [0.3, 0.4) is 0 Å². The highest BCUT2D eigenvalue weighted by Crippen LogP contribution is 2.39. The van der Waals surface area contributed by atoms with Gasteiger partial charge < -0.3 is 5.73 Å². The van der Waals surface area contributed by atoms with E-state index in [2.05, 4.69) is 0 Å². The van der Waals surface area contributed by atoms with Gasteiger partial charge in [-0.15, -0.1) is 0 Å². The van der Waals surface area contributed by atoms with Gasteiger partial charge in [-0.25, -0.2) is 0 Å². The lowest BCUT2D eigenvalue weighted by Gasteiger charge is -2.09. The van der Waals surface area contributed by atoms with Gasteiger partial charge in [0.05, 0.1) is 10.0 Å². The van der Waals surface area contributed by atoms with Crippen LogP contribution in [0.25, 0.3) is 11.1 Å². The van der Waals surface area contributed by atoms with Crippen molar-refractivity contribution in [3.8, 4) is 11.1 Å². The van der Waals surface area contributed by atoms with E-state index in [-0.39, 0.29) is 0 Å². The molecule has 2 aromatic carbocycles. The standard InChI is InChI=1S/C12H7Cl4N/c13-6-3-9(12(16)11(15)4-6)8-5-7(17)1-2-10(8)14/h1-5H,17H2. The van der Waals surface area contributed by atoms with Gasteiger partial charge in [0, 0.05) is 26.9 Å². The number of nitrogen functional groups attached to an aromatic ring is 1. The van der Waals surface area contributed by atoms with Crippen LogP contribution in [0.1, 0.15) is 0 Å². The largest absolute Gasteiger partial charge is 0.399 e. The van der Waals surface area contributed by atoms with Crippen LogP contribution in [-0.4, -0.2) is 0 Å². The summed E-state index contributed by atoms with van der Waals surface area (Å²) < 4.78 is 0. The molecule has 2 aromatic rings. The van der Waals surface area contributed by atoms with Gasteiger partial charge in [0.1, 0.15) is 0 Å². The number of hydrogen-bond acceptors (Lipinski definition) is 1. The molecule has 5 heteroatoms. The van der Waals surface area contributed by atoms with Crippen LogP contribution in [0.15, 0.2) is 30.3 Å². The predicted octanol–water partition coefficient (Wildman–Crippen LogP) is 5.55. The summed E-state index contributed by atoms with van der Waals surface area (Å²) >= 11 is 24.2. The molecule has 88 valence electrons. The van der Waals surface area contributed by atoms with Crippen LogP contribution in [0.4, 0.5) is 5.69 Å². The Morgan fingerprint density at radius 3 is 2.18 bits per heavy atom. The molecule has 0 saturated heterocycles. The molecule has 0 aromatic heterocycles. The summed E-state index contributed by atoms with van der Waals surface area (Å²) in [6.45, 7) is 0. The van der Waals surface area contributed by atoms with E-state index in [9.17, 15) is 0 Å². The fourth-order valence-corrected chi connectivity index (χ4v) is 2.42. The molecule has 2 rings (SSSR count). The molecule has 17 heavy (non-hydrogen) atoms. The molecule has 0 aliphatic heterocycles. The van der Waals surface area contributed by atoms with E-state index in [1.54, 1.807) is 30.3 Å². The Bertz CT molecular complexity index is 581. The minimum absolute atomic E-state index is 0.382. The van der Waals surface area contributed by atoms with E-state index < -0.39 is 0 Å². The number of benzene rings is 2. The molecule has 0 unspecified atom stereocenters. The lowest BCUT2D eigenvalue weighted by Crippen LogP contribution is -1.88. The van der Waals surface area contributed by atoms with Crippen LogP contribution in [0.2, 0.25) is 20.1 Å². The molecule has 0 aliphatic carbocycles. The maximum absolute atomic E-state index is 6.13. The molecule has 0 amide bonds. The first-order valence-corrected chi connectivity index (χ1v) is 6.20. The summed E-state index contributed by atoms with van der Waals surface area (Å²) in [5, 5.41) is 1.82. The topological polar surface area (TPSA) is 26.0 Å². The Hall–Kier alpha value is -0.600. The number of nitrogens with two attached hydrogens (primary N) is 1. The summed E-state index contributed by atoms with van der Waals surface area (Å²) in [6, 6.07) is 8.44. The molecule has 0 saturated carbocycles. The van der Waals surface area contributed by atoms with Crippen molar-refractivity contribution in [2.24, 2.45) is 0 Å². The fourth-order valence-electron chi connectivity index (χ4n) is 1.50. The van der Waals surface area contributed by atoms with Gasteiger partial charge in [0.2, 0.25) is 0 Å². The van der Waals surface area contributed by atoms with Crippen molar-refractivity contribution in [3.05, 3.63) is 50.4 Å². The van der Waals surface area contributed by atoms with Crippen LogP contribution >= 0.6 is 46.4 Å². The lowest BCUT2D eigenvalue weighted by atomic mass is 10.0. The van der Waals surface area contributed by atoms with Gasteiger partial charge in [-0.05, 0) is 30.3 Å². The number of rotatable bonds is 1. The van der Waals surface area contributed by atoms with Gasteiger partial charge in [-0.2, -0.15) is 0 Å². The summed E-state index contributed by atoms with van der Waals surface area (Å²) in [5.74, 6) is 0. The van der Waals surface area contributed by atoms with E-state index in [0.717, 1.165) is 0 Å². The van der Waals surface area contributed by atoms with Crippen LogP contribution in [0, 0.1) is 0 Å². The summed E-state index contributed by atoms with van der Waals surface area (Å²) in [7, 11) is 0. The molecule has 1 nitrogen and oxygen atoms in total. The Morgan fingerprint density at radius 2 is 1.47 bits per heavy atom. The highest BCUT2D eigenvalue weighted by Gasteiger charge is 2.12. The second kappa shape index (κ2) is 4.95. The van der Waals surface area contributed by atoms with Gasteiger partial charge >= 0.3 is 0 Å². The first-order chi connectivity index (χ1) is 7.99. The Morgan fingerprint density at radius 1 is 0.765 bits per heavy atom. The van der Waals surface area contributed by atoms with Gasteiger partial charge in [0.15, 0.2) is 0 Å². The summed E-state index contributed by atoms with van der Waals surface area (Å²) in [6.07, 6.45) is 0. The maximum atomic E-state index is 6.13. The molecule has 2 N–H and O–H groups in total. The molecule has 0 aliphatic rings. The van der Waals surface area contributed by atoms with Crippen molar-refractivity contribution >= 4 is 52.1 Å². The second-order valence-corrected chi connectivity index (χ2v) is 5.12. The van der Waals surface area contributed by atoms with E-state index in [0.29, 0.717) is 36.9 Å². The second-order valence-electron chi connectivity index (χ2n) is 3.49. The molecule has 0 heterocycles.